The quantitative estimate of drug-likeness (QED) is 0.926. The van der Waals surface area contributed by atoms with Crippen molar-refractivity contribution in [3.63, 3.8) is 0 Å². The van der Waals surface area contributed by atoms with E-state index >= 15 is 0 Å². The van der Waals surface area contributed by atoms with E-state index in [4.69, 9.17) is 5.11 Å². The van der Waals surface area contributed by atoms with Gasteiger partial charge in [-0.25, -0.2) is 9.67 Å². The van der Waals surface area contributed by atoms with Crippen LogP contribution in [0.15, 0.2) is 16.6 Å². The molecule has 0 bridgehead atoms. The highest BCUT2D eigenvalue weighted by molar-refractivity contribution is 9.10. The predicted molar refractivity (Wildman–Crippen MR) is 69.2 cm³/mol. The predicted octanol–water partition coefficient (Wildman–Crippen LogP) is 2.45. The number of aliphatic hydroxyl groups is 1. The van der Waals surface area contributed by atoms with Crippen molar-refractivity contribution in [3.8, 4) is 5.82 Å². The van der Waals surface area contributed by atoms with Gasteiger partial charge in [0.15, 0.2) is 5.82 Å². The van der Waals surface area contributed by atoms with Gasteiger partial charge < -0.3 is 5.11 Å². The maximum Gasteiger partial charge on any atom is 0.153 e. The Bertz CT molecular complexity index is 563. The highest BCUT2D eigenvalue weighted by Crippen LogP contribution is 2.22. The molecule has 0 unspecified atom stereocenters. The monoisotopic (exact) mass is 295 g/mol. The minimum atomic E-state index is 0.0138. The van der Waals surface area contributed by atoms with Crippen LogP contribution in [0.2, 0.25) is 0 Å². The Balaban J connectivity index is 2.53. The third-order valence-electron chi connectivity index (χ3n) is 2.77. The lowest BCUT2D eigenvalue weighted by atomic mass is 10.2. The number of rotatable bonds is 2. The van der Waals surface area contributed by atoms with Gasteiger partial charge in [0.05, 0.1) is 22.5 Å². The summed E-state index contributed by atoms with van der Waals surface area (Å²) >= 11 is 3.49. The van der Waals surface area contributed by atoms with Gasteiger partial charge in [-0.1, -0.05) is 6.07 Å². The molecule has 0 spiro atoms. The molecule has 0 aliphatic rings. The molecule has 0 saturated heterocycles. The second-order valence-corrected chi connectivity index (χ2v) is 4.76. The van der Waals surface area contributed by atoms with E-state index in [0.717, 1.165) is 32.9 Å². The lowest BCUT2D eigenvalue weighted by molar-refractivity contribution is 0.280. The molecule has 0 saturated carbocycles. The second kappa shape index (κ2) is 4.58. The van der Waals surface area contributed by atoms with Crippen molar-refractivity contribution in [2.75, 3.05) is 0 Å². The first kappa shape index (κ1) is 12.3. The summed E-state index contributed by atoms with van der Waals surface area (Å²) in [4.78, 5) is 4.45. The molecule has 0 atom stereocenters. The minimum absolute atomic E-state index is 0.0138. The van der Waals surface area contributed by atoms with Crippen molar-refractivity contribution in [3.05, 3.63) is 39.3 Å². The van der Waals surface area contributed by atoms with Crippen molar-refractivity contribution < 1.29 is 5.11 Å². The zero-order valence-electron chi connectivity index (χ0n) is 10.0. The van der Waals surface area contributed by atoms with Crippen LogP contribution in [0.4, 0.5) is 0 Å². The summed E-state index contributed by atoms with van der Waals surface area (Å²) in [6.45, 7) is 5.83. The highest BCUT2D eigenvalue weighted by atomic mass is 79.9. The molecule has 17 heavy (non-hydrogen) atoms. The fraction of sp³-hybridized carbons (Fsp3) is 0.333. The van der Waals surface area contributed by atoms with E-state index < -0.39 is 0 Å². The van der Waals surface area contributed by atoms with Gasteiger partial charge in [-0.05, 0) is 48.3 Å². The Hall–Kier alpha value is -1.20. The summed E-state index contributed by atoms with van der Waals surface area (Å²) in [6, 6.07) is 3.74. The van der Waals surface area contributed by atoms with Gasteiger partial charge in [-0.3, -0.25) is 0 Å². The molecule has 0 aliphatic heterocycles. The van der Waals surface area contributed by atoms with Crippen molar-refractivity contribution in [1.29, 1.82) is 0 Å². The van der Waals surface area contributed by atoms with Crippen LogP contribution in [0.25, 0.3) is 5.82 Å². The number of aromatic nitrogens is 3. The van der Waals surface area contributed by atoms with E-state index in [1.807, 2.05) is 32.9 Å². The van der Waals surface area contributed by atoms with Gasteiger partial charge in [0.25, 0.3) is 0 Å². The zero-order valence-corrected chi connectivity index (χ0v) is 11.6. The van der Waals surface area contributed by atoms with E-state index in [9.17, 15) is 0 Å². The fourth-order valence-corrected chi connectivity index (χ4v) is 1.96. The zero-order chi connectivity index (χ0) is 12.6. The topological polar surface area (TPSA) is 50.9 Å². The van der Waals surface area contributed by atoms with Gasteiger partial charge >= 0.3 is 0 Å². The molecule has 0 fully saturated rings. The van der Waals surface area contributed by atoms with Crippen LogP contribution in [0.3, 0.4) is 0 Å². The third kappa shape index (κ3) is 2.12. The van der Waals surface area contributed by atoms with Crippen molar-refractivity contribution in [2.45, 2.75) is 27.4 Å². The molecule has 2 aromatic rings. The van der Waals surface area contributed by atoms with Crippen LogP contribution in [0.1, 0.15) is 22.6 Å². The fourth-order valence-electron chi connectivity index (χ4n) is 1.71. The van der Waals surface area contributed by atoms with E-state index in [0.29, 0.717) is 0 Å². The minimum Gasteiger partial charge on any atom is -0.392 e. The highest BCUT2D eigenvalue weighted by Gasteiger charge is 2.11. The van der Waals surface area contributed by atoms with E-state index in [-0.39, 0.29) is 6.61 Å². The van der Waals surface area contributed by atoms with E-state index in [1.54, 1.807) is 4.68 Å². The molecule has 2 rings (SSSR count). The maximum absolute atomic E-state index is 9.11. The Morgan fingerprint density at radius 3 is 2.41 bits per heavy atom. The average molecular weight is 296 g/mol. The van der Waals surface area contributed by atoms with Crippen LogP contribution in [0, 0.1) is 20.8 Å². The molecule has 0 aromatic carbocycles. The lowest BCUT2D eigenvalue weighted by Gasteiger charge is -2.07. The van der Waals surface area contributed by atoms with E-state index in [2.05, 4.69) is 26.0 Å². The van der Waals surface area contributed by atoms with Crippen molar-refractivity contribution in [2.24, 2.45) is 0 Å². The molecule has 2 heterocycles. The second-order valence-electron chi connectivity index (χ2n) is 3.97. The van der Waals surface area contributed by atoms with Crippen molar-refractivity contribution >= 4 is 15.9 Å². The Morgan fingerprint density at radius 2 is 1.94 bits per heavy atom. The molecular weight excluding hydrogens is 282 g/mol. The smallest absolute Gasteiger partial charge is 0.153 e. The normalized spacial score (nSPS) is 10.9. The number of aryl methyl sites for hydroxylation is 2. The van der Waals surface area contributed by atoms with Gasteiger partial charge in [0.2, 0.25) is 0 Å². The average Bonchev–Trinajstić information content (AvgIpc) is 2.57. The maximum atomic E-state index is 9.11. The van der Waals surface area contributed by atoms with Crippen LogP contribution in [-0.2, 0) is 6.61 Å². The van der Waals surface area contributed by atoms with Gasteiger partial charge in [0.1, 0.15) is 0 Å². The molecular formula is C12H14BrN3O. The number of halogens is 1. The first-order valence-electron chi connectivity index (χ1n) is 5.34. The standard InChI is InChI=1S/C12H14BrN3O/c1-7-10(6-17)4-5-11(14-7)16-9(3)12(13)8(2)15-16/h4-5,17H,6H2,1-3H3. The summed E-state index contributed by atoms with van der Waals surface area (Å²) in [5.41, 5.74) is 3.63. The Morgan fingerprint density at radius 1 is 1.24 bits per heavy atom. The number of hydrogen-bond donors (Lipinski definition) is 1. The van der Waals surface area contributed by atoms with Gasteiger partial charge in [-0.15, -0.1) is 0 Å². The number of pyridine rings is 1. The molecule has 2 aromatic heterocycles. The van der Waals surface area contributed by atoms with Crippen LogP contribution >= 0.6 is 15.9 Å². The first-order chi connectivity index (χ1) is 8.04. The van der Waals surface area contributed by atoms with E-state index in [1.165, 1.54) is 0 Å². The molecule has 0 aliphatic carbocycles. The van der Waals surface area contributed by atoms with Crippen molar-refractivity contribution in [1.82, 2.24) is 14.8 Å². The Kier molecular flexibility index (Phi) is 3.31. The van der Waals surface area contributed by atoms with Crippen LogP contribution in [-0.4, -0.2) is 19.9 Å². The van der Waals surface area contributed by atoms with Gasteiger partial charge in [-0.2, -0.15) is 5.10 Å². The lowest BCUT2D eigenvalue weighted by Crippen LogP contribution is -2.04. The van der Waals surface area contributed by atoms with Crippen LogP contribution in [0.5, 0.6) is 0 Å². The number of hydrogen-bond acceptors (Lipinski definition) is 3. The largest absolute Gasteiger partial charge is 0.392 e. The third-order valence-corrected chi connectivity index (χ3v) is 3.92. The molecule has 5 heteroatoms. The molecule has 0 amide bonds. The summed E-state index contributed by atoms with van der Waals surface area (Å²) in [6.07, 6.45) is 0. The molecule has 0 radical (unpaired) electrons. The SMILES string of the molecule is Cc1nc(-n2nc(C)c(Br)c2C)ccc1CO. The molecule has 1 N–H and O–H groups in total. The first-order valence-corrected chi connectivity index (χ1v) is 6.13. The number of aliphatic hydroxyl groups excluding tert-OH is 1. The van der Waals surface area contributed by atoms with Crippen LogP contribution < -0.4 is 0 Å². The molecule has 90 valence electrons. The van der Waals surface area contributed by atoms with Gasteiger partial charge in [0, 0.05) is 5.69 Å². The summed E-state index contributed by atoms with van der Waals surface area (Å²) in [5.74, 6) is 0.769. The molecule has 4 nitrogen and oxygen atoms in total. The summed E-state index contributed by atoms with van der Waals surface area (Å²) < 4.78 is 2.80. The summed E-state index contributed by atoms with van der Waals surface area (Å²) in [5, 5.41) is 13.5. The summed E-state index contributed by atoms with van der Waals surface area (Å²) in [7, 11) is 0. The number of nitrogens with zero attached hydrogens (tertiary/aromatic N) is 3. The Labute approximate surface area is 108 Å².